The second kappa shape index (κ2) is 6.88. The fourth-order valence-corrected chi connectivity index (χ4v) is 5.41. The third-order valence-electron chi connectivity index (χ3n) is 3.46. The number of halogens is 3. The van der Waals surface area contributed by atoms with E-state index in [0.717, 1.165) is 23.7 Å². The number of aliphatic imine (C=N–C) groups is 1. The average Bonchev–Trinajstić information content (AvgIpc) is 2.77. The monoisotopic (exact) mass is 442 g/mol. The number of aryl methyl sites for hydroxylation is 1. The van der Waals surface area contributed by atoms with Crippen molar-refractivity contribution in [3.05, 3.63) is 29.5 Å². The number of fused-ring (bicyclic) bond motifs is 1. The minimum absolute atomic E-state index is 0.301. The Morgan fingerprint density at radius 3 is 2.36 bits per heavy atom. The fraction of sp³-hybridized carbons (Fsp3) is 0.231. The third kappa shape index (κ3) is 4.19. The highest BCUT2D eigenvalue weighted by atomic mass is 32.2. The molecule has 2 rings (SSSR count). The summed E-state index contributed by atoms with van der Waals surface area (Å²) in [6.07, 6.45) is -4.58. The van der Waals surface area contributed by atoms with Crippen LogP contribution in [0.5, 0.6) is 0 Å². The van der Waals surface area contributed by atoms with Crippen molar-refractivity contribution in [3.8, 4) is 0 Å². The lowest BCUT2D eigenvalue weighted by molar-refractivity contribution is -0.136. The Kier molecular flexibility index (Phi) is 5.38. The SMILES string of the molecule is Cn1c(C(=O)N=C(N)N)c(P(=O)(O)OS(C)(=O)=O)c2c(C(F)(F)F)cccc21. The number of carbonyl (C=O) groups excluding carboxylic acids is 1. The highest BCUT2D eigenvalue weighted by Crippen LogP contribution is 2.48. The maximum Gasteiger partial charge on any atom is 0.417 e. The van der Waals surface area contributed by atoms with E-state index in [9.17, 15) is 35.8 Å². The van der Waals surface area contributed by atoms with E-state index in [0.29, 0.717) is 12.3 Å². The molecule has 2 aromatic rings. The van der Waals surface area contributed by atoms with Crippen molar-refractivity contribution >= 4 is 45.8 Å². The van der Waals surface area contributed by atoms with Gasteiger partial charge in [-0.1, -0.05) is 6.07 Å². The number of rotatable bonds is 4. The summed E-state index contributed by atoms with van der Waals surface area (Å²) in [5.41, 5.74) is 7.67. The summed E-state index contributed by atoms with van der Waals surface area (Å²) in [5.74, 6) is -2.14. The lowest BCUT2D eigenvalue weighted by atomic mass is 10.1. The Morgan fingerprint density at radius 1 is 1.32 bits per heavy atom. The molecule has 15 heteroatoms. The van der Waals surface area contributed by atoms with Gasteiger partial charge in [0.05, 0.1) is 11.8 Å². The van der Waals surface area contributed by atoms with E-state index in [1.165, 1.54) is 0 Å². The van der Waals surface area contributed by atoms with Crippen molar-refractivity contribution in [3.63, 3.8) is 0 Å². The van der Waals surface area contributed by atoms with Gasteiger partial charge >= 0.3 is 13.8 Å². The molecule has 0 aliphatic heterocycles. The van der Waals surface area contributed by atoms with Crippen LogP contribution in [0.15, 0.2) is 23.2 Å². The van der Waals surface area contributed by atoms with Gasteiger partial charge in [-0.25, -0.2) is 0 Å². The summed E-state index contributed by atoms with van der Waals surface area (Å²) in [6.45, 7) is 0. The van der Waals surface area contributed by atoms with E-state index >= 15 is 0 Å². The fourth-order valence-electron chi connectivity index (χ4n) is 2.61. The normalized spacial score (nSPS) is 14.6. The molecule has 1 atom stereocenters. The molecule has 5 N–H and O–H groups in total. The number of alkyl halides is 3. The molecule has 154 valence electrons. The van der Waals surface area contributed by atoms with Crippen LogP contribution < -0.4 is 16.8 Å². The zero-order chi connectivity index (χ0) is 21.7. The predicted octanol–water partition coefficient (Wildman–Crippen LogP) is 0.398. The van der Waals surface area contributed by atoms with E-state index in [1.807, 2.05) is 0 Å². The number of guanidine groups is 1. The standard InChI is InChI=1S/C13H14F3N4O6PS/c1-20-7-5-3-4-6(13(14,15)16)8(7)10(9(20)11(21)19-12(17)18)27(22,23)26-28(2,24)25/h3-5H,1-2H3,(H,22,23)(H4,17,18,19,21). The molecule has 0 aliphatic carbocycles. The van der Waals surface area contributed by atoms with Crippen LogP contribution in [0.2, 0.25) is 0 Å². The van der Waals surface area contributed by atoms with Crippen LogP contribution >= 0.6 is 7.60 Å². The molecule has 0 fully saturated rings. The lowest BCUT2D eigenvalue weighted by Crippen LogP contribution is -2.27. The largest absolute Gasteiger partial charge is 0.417 e. The maximum absolute atomic E-state index is 13.5. The van der Waals surface area contributed by atoms with Gasteiger partial charge in [-0.15, -0.1) is 0 Å². The van der Waals surface area contributed by atoms with Crippen molar-refractivity contribution < 1.29 is 39.8 Å². The topological polar surface area (TPSA) is 167 Å². The van der Waals surface area contributed by atoms with Crippen LogP contribution in [0, 0.1) is 0 Å². The third-order valence-corrected chi connectivity index (χ3v) is 6.35. The number of amides is 1. The second-order valence-electron chi connectivity index (χ2n) is 5.59. The van der Waals surface area contributed by atoms with Crippen LogP contribution in [0.1, 0.15) is 16.1 Å². The first-order valence-electron chi connectivity index (χ1n) is 7.13. The number of aromatic nitrogens is 1. The molecule has 0 aliphatic rings. The zero-order valence-corrected chi connectivity index (χ0v) is 16.0. The molecule has 0 radical (unpaired) electrons. The van der Waals surface area contributed by atoms with Gasteiger partial charge in [-0.3, -0.25) is 9.36 Å². The predicted molar refractivity (Wildman–Crippen MR) is 93.4 cm³/mol. The van der Waals surface area contributed by atoms with Gasteiger partial charge < -0.3 is 20.9 Å². The first-order chi connectivity index (χ1) is 12.6. The number of carbonyl (C=O) groups is 1. The first-order valence-corrected chi connectivity index (χ1v) is 10.5. The van der Waals surface area contributed by atoms with Gasteiger partial charge in [0.25, 0.3) is 16.0 Å². The first kappa shape index (κ1) is 21.9. The van der Waals surface area contributed by atoms with Crippen LogP contribution in [-0.2, 0) is 31.9 Å². The molecule has 10 nitrogen and oxygen atoms in total. The summed E-state index contributed by atoms with van der Waals surface area (Å²) >= 11 is 0. The summed E-state index contributed by atoms with van der Waals surface area (Å²) in [7, 11) is -8.99. The Morgan fingerprint density at radius 2 is 1.89 bits per heavy atom. The van der Waals surface area contributed by atoms with E-state index in [-0.39, 0.29) is 5.52 Å². The smallest absolute Gasteiger partial charge is 0.370 e. The molecule has 0 bridgehead atoms. The molecule has 1 aromatic carbocycles. The van der Waals surface area contributed by atoms with Gasteiger partial charge in [0.1, 0.15) is 11.0 Å². The molecular weight excluding hydrogens is 428 g/mol. The van der Waals surface area contributed by atoms with Crippen molar-refractivity contribution in [1.82, 2.24) is 4.57 Å². The van der Waals surface area contributed by atoms with Crippen molar-refractivity contribution in [2.24, 2.45) is 23.5 Å². The van der Waals surface area contributed by atoms with Crippen molar-refractivity contribution in [1.29, 1.82) is 0 Å². The van der Waals surface area contributed by atoms with Gasteiger partial charge in [0.2, 0.25) is 0 Å². The van der Waals surface area contributed by atoms with Gasteiger partial charge in [-0.2, -0.15) is 30.6 Å². The molecule has 0 saturated heterocycles. The molecule has 1 aromatic heterocycles. The molecule has 0 saturated carbocycles. The van der Waals surface area contributed by atoms with Crippen molar-refractivity contribution in [2.45, 2.75) is 6.18 Å². The lowest BCUT2D eigenvalue weighted by Gasteiger charge is -2.14. The zero-order valence-electron chi connectivity index (χ0n) is 14.3. The quantitative estimate of drug-likeness (QED) is 0.347. The summed E-state index contributed by atoms with van der Waals surface area (Å²) in [4.78, 5) is 25.7. The number of nitrogens with zero attached hydrogens (tertiary/aromatic N) is 2. The summed E-state index contributed by atoms with van der Waals surface area (Å²) < 4.78 is 80.8. The van der Waals surface area contributed by atoms with Crippen molar-refractivity contribution in [2.75, 3.05) is 6.26 Å². The van der Waals surface area contributed by atoms with Crippen LogP contribution in [0.3, 0.4) is 0 Å². The molecular formula is C13H14F3N4O6PS. The van der Waals surface area contributed by atoms with E-state index in [4.69, 9.17) is 11.5 Å². The summed E-state index contributed by atoms with van der Waals surface area (Å²) in [6, 6.07) is 2.73. The van der Waals surface area contributed by atoms with Gasteiger partial charge in [0, 0.05) is 18.0 Å². The average molecular weight is 442 g/mol. The Bertz CT molecular complexity index is 1150. The van der Waals surface area contributed by atoms with E-state index in [1.54, 1.807) is 0 Å². The molecule has 28 heavy (non-hydrogen) atoms. The van der Waals surface area contributed by atoms with E-state index in [2.05, 4.69) is 8.96 Å². The molecule has 0 spiro atoms. The highest BCUT2D eigenvalue weighted by molar-refractivity contribution is 7.91. The van der Waals surface area contributed by atoms with Gasteiger partial charge in [0.15, 0.2) is 5.96 Å². The minimum atomic E-state index is -5.50. The van der Waals surface area contributed by atoms with Crippen LogP contribution in [-0.4, -0.2) is 36.0 Å². The Labute approximate surface area is 156 Å². The molecule has 1 unspecified atom stereocenters. The number of hydrogen-bond donors (Lipinski definition) is 3. The maximum atomic E-state index is 13.5. The van der Waals surface area contributed by atoms with Gasteiger partial charge in [-0.05, 0) is 12.1 Å². The summed E-state index contributed by atoms with van der Waals surface area (Å²) in [5, 5.41) is -2.07. The number of benzene rings is 1. The Hall–Kier alpha value is -2.41. The second-order valence-corrected chi connectivity index (χ2v) is 9.09. The van der Waals surface area contributed by atoms with E-state index < -0.39 is 57.7 Å². The Balaban J connectivity index is 3.09. The number of nitrogens with two attached hydrogens (primary N) is 2. The van der Waals surface area contributed by atoms with Crippen LogP contribution in [0.25, 0.3) is 10.9 Å². The number of hydrogen-bond acceptors (Lipinski definition) is 5. The molecule has 1 amide bonds. The van der Waals surface area contributed by atoms with Crippen LogP contribution in [0.4, 0.5) is 13.2 Å². The highest BCUT2D eigenvalue weighted by Gasteiger charge is 2.42. The molecule has 1 heterocycles. The minimum Gasteiger partial charge on any atom is -0.370 e.